The number of benzene rings is 2. The maximum absolute atomic E-state index is 14.2. The predicted molar refractivity (Wildman–Crippen MR) is 114 cm³/mol. The number of halogens is 4. The molecule has 0 radical (unpaired) electrons. The van der Waals surface area contributed by atoms with Gasteiger partial charge in [-0.1, -0.05) is 50.2 Å². The van der Waals surface area contributed by atoms with Crippen molar-refractivity contribution >= 4 is 23.7 Å². The molecule has 3 atom stereocenters. The van der Waals surface area contributed by atoms with Crippen molar-refractivity contribution in [3.8, 4) is 0 Å². The van der Waals surface area contributed by atoms with E-state index in [1.54, 1.807) is 30.3 Å². The predicted octanol–water partition coefficient (Wildman–Crippen LogP) is 4.52. The maximum Gasteiger partial charge on any atom is 0.408 e. The fraction of sp³-hybridized carbons (Fsp3) is 0.348. The van der Waals surface area contributed by atoms with Crippen LogP contribution in [0.3, 0.4) is 0 Å². The summed E-state index contributed by atoms with van der Waals surface area (Å²) in [5.74, 6) is -6.48. The quantitative estimate of drug-likeness (QED) is 0.454. The molecule has 2 rings (SSSR count). The van der Waals surface area contributed by atoms with Crippen LogP contribution in [0.5, 0.6) is 0 Å². The van der Waals surface area contributed by atoms with Gasteiger partial charge in [0, 0.05) is 0 Å². The molecule has 0 saturated heterocycles. The zero-order valence-electron chi connectivity index (χ0n) is 18.4. The molecule has 0 aliphatic heterocycles. The van der Waals surface area contributed by atoms with E-state index in [0.717, 1.165) is 12.1 Å². The second-order valence-electron chi connectivity index (χ2n) is 7.76. The van der Waals surface area contributed by atoms with Gasteiger partial charge in [-0.05, 0) is 29.7 Å². The average Bonchev–Trinajstić information content (AvgIpc) is 2.77. The molecule has 0 saturated carbocycles. The number of hydrogen-bond donors (Lipinski definition) is 3. The number of ether oxygens (including phenoxy) is 1. The minimum atomic E-state index is -4.86. The van der Waals surface area contributed by atoms with E-state index in [1.165, 1.54) is 13.0 Å². The lowest BCUT2D eigenvalue weighted by Gasteiger charge is -2.26. The summed E-state index contributed by atoms with van der Waals surface area (Å²) in [6.45, 7) is 1.89. The first-order valence-electron chi connectivity index (χ1n) is 10.2. The number of hydrogen-bond acceptors (Lipinski definition) is 4. The van der Waals surface area contributed by atoms with Crippen molar-refractivity contribution < 1.29 is 41.8 Å². The molecule has 7 nitrogen and oxygen atoms in total. The molecule has 0 aromatic heterocycles. The molecule has 11 heteroatoms. The zero-order chi connectivity index (χ0) is 25.5. The van der Waals surface area contributed by atoms with E-state index < -0.39 is 53.5 Å². The van der Waals surface area contributed by atoms with Gasteiger partial charge < -0.3 is 20.5 Å². The molecule has 2 aromatic rings. The van der Waals surface area contributed by atoms with Crippen LogP contribution in [0.1, 0.15) is 25.0 Å². The lowest BCUT2D eigenvalue weighted by atomic mass is 9.99. The summed E-state index contributed by atoms with van der Waals surface area (Å²) in [7, 11) is 0. The molecular formula is C23H24F4N2O5. The number of alkyl halides is 3. The Labute approximate surface area is 193 Å². The average molecular weight is 484 g/mol. The molecule has 0 aliphatic rings. The molecule has 0 bridgehead atoms. The van der Waals surface area contributed by atoms with Crippen molar-refractivity contribution in [2.45, 2.75) is 39.1 Å². The van der Waals surface area contributed by atoms with E-state index in [4.69, 9.17) is 9.84 Å². The Morgan fingerprint density at radius 2 is 1.68 bits per heavy atom. The Hall–Kier alpha value is -3.63. The SMILES string of the molecule is CC([C@H](NC(=O)OCc1ccccc1)C(=O)Nc1cc(C[C@H](C)C(=O)O)ccc1F)C(F)(F)F. The topological polar surface area (TPSA) is 105 Å². The first-order valence-corrected chi connectivity index (χ1v) is 10.2. The molecule has 184 valence electrons. The number of amides is 2. The van der Waals surface area contributed by atoms with Crippen molar-refractivity contribution in [1.82, 2.24) is 5.32 Å². The van der Waals surface area contributed by atoms with E-state index in [1.807, 2.05) is 5.32 Å². The molecule has 34 heavy (non-hydrogen) atoms. The molecule has 2 aromatic carbocycles. The van der Waals surface area contributed by atoms with Gasteiger partial charge >= 0.3 is 18.2 Å². The number of aliphatic carboxylic acids is 1. The van der Waals surface area contributed by atoms with Gasteiger partial charge in [-0.2, -0.15) is 13.2 Å². The largest absolute Gasteiger partial charge is 0.481 e. The third-order valence-electron chi connectivity index (χ3n) is 5.04. The number of carboxylic acids is 1. The molecule has 0 fully saturated rings. The van der Waals surface area contributed by atoms with Crippen LogP contribution in [0, 0.1) is 17.7 Å². The summed E-state index contributed by atoms with van der Waals surface area (Å²) < 4.78 is 59.2. The third-order valence-corrected chi connectivity index (χ3v) is 5.04. The molecular weight excluding hydrogens is 460 g/mol. The Morgan fingerprint density at radius 3 is 2.26 bits per heavy atom. The highest BCUT2D eigenvalue weighted by Gasteiger charge is 2.45. The van der Waals surface area contributed by atoms with Crippen molar-refractivity contribution in [2.75, 3.05) is 5.32 Å². The highest BCUT2D eigenvalue weighted by Crippen LogP contribution is 2.29. The van der Waals surface area contributed by atoms with E-state index in [0.29, 0.717) is 18.1 Å². The van der Waals surface area contributed by atoms with Crippen LogP contribution >= 0.6 is 0 Å². The fourth-order valence-electron chi connectivity index (χ4n) is 2.94. The second kappa shape index (κ2) is 11.5. The van der Waals surface area contributed by atoms with Gasteiger partial charge in [-0.15, -0.1) is 0 Å². The summed E-state index contributed by atoms with van der Waals surface area (Å²) in [6.07, 6.45) is -6.11. The molecule has 3 N–H and O–H groups in total. The molecule has 0 spiro atoms. The van der Waals surface area contributed by atoms with Crippen LogP contribution in [0.2, 0.25) is 0 Å². The first kappa shape index (κ1) is 26.6. The molecule has 1 unspecified atom stereocenters. The minimum absolute atomic E-state index is 0.00489. The van der Waals surface area contributed by atoms with Crippen LogP contribution < -0.4 is 10.6 Å². The van der Waals surface area contributed by atoms with Crippen molar-refractivity contribution in [3.63, 3.8) is 0 Å². The van der Waals surface area contributed by atoms with Gasteiger partial charge in [0.2, 0.25) is 5.91 Å². The Balaban J connectivity index is 2.17. The number of carboxylic acid groups (broad SMARTS) is 1. The monoisotopic (exact) mass is 484 g/mol. The molecule has 2 amide bonds. The highest BCUT2D eigenvalue weighted by molar-refractivity contribution is 5.97. The van der Waals surface area contributed by atoms with Crippen molar-refractivity contribution in [3.05, 3.63) is 65.5 Å². The summed E-state index contributed by atoms with van der Waals surface area (Å²) >= 11 is 0. The number of rotatable bonds is 9. The van der Waals surface area contributed by atoms with E-state index in [-0.39, 0.29) is 13.0 Å². The molecule has 0 aliphatic carbocycles. The summed E-state index contributed by atoms with van der Waals surface area (Å²) in [6, 6.07) is 9.64. The standard InChI is InChI=1S/C23H24F4N2O5/c1-13(21(31)32)10-16-8-9-17(24)18(11-16)28-20(30)19(14(2)23(25,26)27)29-22(33)34-12-15-6-4-3-5-7-15/h3-9,11,13-14,19H,10,12H2,1-2H3,(H,28,30)(H,29,33)(H,31,32)/t13-,14?,19-/m0/s1. The Bertz CT molecular complexity index is 1010. The first-order chi connectivity index (χ1) is 15.9. The number of anilines is 1. The normalized spacial score (nSPS) is 13.9. The third kappa shape index (κ3) is 7.75. The summed E-state index contributed by atoms with van der Waals surface area (Å²) in [4.78, 5) is 35.8. The van der Waals surface area contributed by atoms with E-state index in [2.05, 4.69) is 5.32 Å². The van der Waals surface area contributed by atoms with Gasteiger partial charge in [0.25, 0.3) is 0 Å². The molecule has 0 heterocycles. The maximum atomic E-state index is 14.2. The lowest BCUT2D eigenvalue weighted by molar-refractivity contribution is -0.178. The number of alkyl carbamates (subject to hydrolysis) is 1. The van der Waals surface area contributed by atoms with E-state index >= 15 is 0 Å². The van der Waals surface area contributed by atoms with Crippen LogP contribution in [-0.4, -0.2) is 35.3 Å². The lowest BCUT2D eigenvalue weighted by Crippen LogP contribution is -2.52. The highest BCUT2D eigenvalue weighted by atomic mass is 19.4. The Kier molecular flexibility index (Phi) is 8.99. The van der Waals surface area contributed by atoms with Crippen LogP contribution in [0.4, 0.5) is 28.0 Å². The van der Waals surface area contributed by atoms with Crippen LogP contribution in [0.25, 0.3) is 0 Å². The summed E-state index contributed by atoms with van der Waals surface area (Å²) in [5, 5.41) is 13.0. The van der Waals surface area contributed by atoms with E-state index in [9.17, 15) is 31.9 Å². The van der Waals surface area contributed by atoms with Gasteiger partial charge in [-0.3, -0.25) is 9.59 Å². The zero-order valence-corrected chi connectivity index (χ0v) is 18.4. The Morgan fingerprint density at radius 1 is 1.03 bits per heavy atom. The van der Waals surface area contributed by atoms with Gasteiger partial charge in [0.1, 0.15) is 18.5 Å². The number of nitrogens with one attached hydrogen (secondary N) is 2. The second-order valence-corrected chi connectivity index (χ2v) is 7.76. The fourth-order valence-corrected chi connectivity index (χ4v) is 2.94. The van der Waals surface area contributed by atoms with Crippen LogP contribution in [0.15, 0.2) is 48.5 Å². The van der Waals surface area contributed by atoms with Crippen LogP contribution in [-0.2, 0) is 27.4 Å². The van der Waals surface area contributed by atoms with Crippen molar-refractivity contribution in [1.29, 1.82) is 0 Å². The number of carbonyl (C=O) groups excluding carboxylic acids is 2. The van der Waals surface area contributed by atoms with Gasteiger partial charge in [0.05, 0.1) is 17.5 Å². The van der Waals surface area contributed by atoms with Gasteiger partial charge in [-0.25, -0.2) is 9.18 Å². The van der Waals surface area contributed by atoms with Gasteiger partial charge in [0.15, 0.2) is 0 Å². The number of carbonyl (C=O) groups is 3. The van der Waals surface area contributed by atoms with Crippen molar-refractivity contribution in [2.24, 2.45) is 11.8 Å². The smallest absolute Gasteiger partial charge is 0.408 e. The minimum Gasteiger partial charge on any atom is -0.481 e. The summed E-state index contributed by atoms with van der Waals surface area (Å²) in [5.41, 5.74) is 0.484.